The number of nitrogens with zero attached hydrogens (tertiary/aromatic N) is 1. The van der Waals surface area contributed by atoms with Gasteiger partial charge in [-0.05, 0) is 12.1 Å². The summed E-state index contributed by atoms with van der Waals surface area (Å²) >= 11 is 0. The molecule has 0 spiro atoms. The molecule has 0 atom stereocenters. The molecular formula is C14H12FN3O3. The number of benzene rings is 2. The van der Waals surface area contributed by atoms with Crippen LogP contribution in [0.2, 0.25) is 0 Å². The van der Waals surface area contributed by atoms with Gasteiger partial charge in [-0.3, -0.25) is 14.9 Å². The highest BCUT2D eigenvalue weighted by atomic mass is 19.1. The number of nitrogen functional groups attached to an aromatic ring is 1. The van der Waals surface area contributed by atoms with E-state index in [9.17, 15) is 19.3 Å². The van der Waals surface area contributed by atoms with Gasteiger partial charge in [0.2, 0.25) is 0 Å². The van der Waals surface area contributed by atoms with Crippen molar-refractivity contribution in [2.75, 3.05) is 5.73 Å². The second-order valence-electron chi connectivity index (χ2n) is 4.27. The Bertz CT molecular complexity index is 704. The highest BCUT2D eigenvalue weighted by molar-refractivity contribution is 6.00. The third kappa shape index (κ3) is 3.14. The molecule has 0 aliphatic carbocycles. The predicted molar refractivity (Wildman–Crippen MR) is 75.1 cm³/mol. The van der Waals surface area contributed by atoms with Crippen molar-refractivity contribution in [3.05, 3.63) is 69.5 Å². The van der Waals surface area contributed by atoms with E-state index in [-0.39, 0.29) is 23.5 Å². The molecule has 0 saturated carbocycles. The molecule has 2 aromatic rings. The summed E-state index contributed by atoms with van der Waals surface area (Å²) in [5.74, 6) is -1.04. The van der Waals surface area contributed by atoms with Gasteiger partial charge < -0.3 is 11.1 Å². The van der Waals surface area contributed by atoms with Crippen LogP contribution in [-0.4, -0.2) is 10.8 Å². The monoisotopic (exact) mass is 289 g/mol. The molecule has 3 N–H and O–H groups in total. The van der Waals surface area contributed by atoms with Crippen molar-refractivity contribution in [3.8, 4) is 0 Å². The van der Waals surface area contributed by atoms with Crippen LogP contribution >= 0.6 is 0 Å². The molecule has 2 aromatic carbocycles. The van der Waals surface area contributed by atoms with E-state index < -0.39 is 16.6 Å². The number of hydrogen-bond acceptors (Lipinski definition) is 4. The molecule has 0 aliphatic rings. The minimum absolute atomic E-state index is 0.0134. The van der Waals surface area contributed by atoms with Crippen LogP contribution in [0.15, 0.2) is 42.5 Å². The zero-order chi connectivity index (χ0) is 15.4. The van der Waals surface area contributed by atoms with E-state index in [1.165, 1.54) is 30.3 Å². The Morgan fingerprint density at radius 1 is 1.24 bits per heavy atom. The Morgan fingerprint density at radius 3 is 2.62 bits per heavy atom. The molecule has 0 fully saturated rings. The minimum Gasteiger partial charge on any atom is -0.393 e. The molecule has 1 amide bonds. The Morgan fingerprint density at radius 2 is 1.95 bits per heavy atom. The number of nitrogens with two attached hydrogens (primary N) is 1. The number of hydrogen-bond donors (Lipinski definition) is 2. The zero-order valence-corrected chi connectivity index (χ0v) is 10.9. The number of amides is 1. The Kier molecular flexibility index (Phi) is 4.13. The van der Waals surface area contributed by atoms with Gasteiger partial charge in [0.05, 0.1) is 10.5 Å². The van der Waals surface area contributed by atoms with E-state index >= 15 is 0 Å². The molecular weight excluding hydrogens is 277 g/mol. The number of nitro benzene ring substituents is 1. The summed E-state index contributed by atoms with van der Waals surface area (Å²) < 4.78 is 13.4. The summed E-state index contributed by atoms with van der Waals surface area (Å²) in [7, 11) is 0. The SMILES string of the molecule is Nc1c(C(=O)NCc2ccccc2F)cccc1[N+](=O)[O-]. The van der Waals surface area contributed by atoms with Gasteiger partial charge in [-0.2, -0.15) is 0 Å². The van der Waals surface area contributed by atoms with Crippen LogP contribution < -0.4 is 11.1 Å². The lowest BCUT2D eigenvalue weighted by molar-refractivity contribution is -0.383. The van der Waals surface area contributed by atoms with Crippen LogP contribution in [0.1, 0.15) is 15.9 Å². The van der Waals surface area contributed by atoms with Crippen molar-refractivity contribution >= 4 is 17.3 Å². The standard InChI is InChI=1S/C14H12FN3O3/c15-11-6-2-1-4-9(11)8-17-14(19)10-5-3-7-12(13(10)16)18(20)21/h1-7H,8,16H2,(H,17,19). The summed E-state index contributed by atoms with van der Waals surface area (Å²) in [6, 6.07) is 9.95. The van der Waals surface area contributed by atoms with Crippen molar-refractivity contribution in [2.24, 2.45) is 0 Å². The number of halogens is 1. The van der Waals surface area contributed by atoms with Gasteiger partial charge in [0.1, 0.15) is 11.5 Å². The molecule has 0 bridgehead atoms. The van der Waals surface area contributed by atoms with Gasteiger partial charge in [0, 0.05) is 18.2 Å². The lowest BCUT2D eigenvalue weighted by Crippen LogP contribution is -2.24. The van der Waals surface area contributed by atoms with Gasteiger partial charge in [-0.15, -0.1) is 0 Å². The third-order valence-electron chi connectivity index (χ3n) is 2.92. The van der Waals surface area contributed by atoms with E-state index in [4.69, 9.17) is 5.73 Å². The van der Waals surface area contributed by atoms with Crippen molar-refractivity contribution < 1.29 is 14.1 Å². The summed E-state index contributed by atoms with van der Waals surface area (Å²) in [5, 5.41) is 13.2. The van der Waals surface area contributed by atoms with E-state index in [1.807, 2.05) is 0 Å². The second-order valence-corrected chi connectivity index (χ2v) is 4.27. The summed E-state index contributed by atoms with van der Waals surface area (Å²) in [6.07, 6.45) is 0. The van der Waals surface area contributed by atoms with Crippen molar-refractivity contribution in [3.63, 3.8) is 0 Å². The van der Waals surface area contributed by atoms with Gasteiger partial charge in [0.25, 0.3) is 11.6 Å². The van der Waals surface area contributed by atoms with Crippen LogP contribution in [0.25, 0.3) is 0 Å². The van der Waals surface area contributed by atoms with Crippen LogP contribution in [-0.2, 0) is 6.54 Å². The highest BCUT2D eigenvalue weighted by Gasteiger charge is 2.18. The van der Waals surface area contributed by atoms with Crippen molar-refractivity contribution in [1.82, 2.24) is 5.32 Å². The number of rotatable bonds is 4. The van der Waals surface area contributed by atoms with Gasteiger partial charge >= 0.3 is 0 Å². The van der Waals surface area contributed by atoms with Gasteiger partial charge in [-0.25, -0.2) is 4.39 Å². The van der Waals surface area contributed by atoms with Crippen molar-refractivity contribution in [1.29, 1.82) is 0 Å². The minimum atomic E-state index is -0.664. The van der Waals surface area contributed by atoms with Gasteiger partial charge in [-0.1, -0.05) is 24.3 Å². The molecule has 0 heterocycles. The fraction of sp³-hybridized carbons (Fsp3) is 0.0714. The van der Waals surface area contributed by atoms with E-state index in [1.54, 1.807) is 12.1 Å². The quantitative estimate of drug-likeness (QED) is 0.512. The molecule has 0 radical (unpaired) electrons. The summed E-state index contributed by atoms with van der Waals surface area (Å²) in [5.41, 5.74) is 5.36. The Hall–Kier alpha value is -2.96. The maximum absolute atomic E-state index is 13.4. The molecule has 21 heavy (non-hydrogen) atoms. The molecule has 108 valence electrons. The first kappa shape index (κ1) is 14.4. The van der Waals surface area contributed by atoms with Crippen LogP contribution in [0, 0.1) is 15.9 Å². The van der Waals surface area contributed by atoms with E-state index in [0.717, 1.165) is 0 Å². The summed E-state index contributed by atoms with van der Waals surface area (Å²) in [4.78, 5) is 22.1. The maximum atomic E-state index is 13.4. The average molecular weight is 289 g/mol. The number of anilines is 1. The maximum Gasteiger partial charge on any atom is 0.292 e. The van der Waals surface area contributed by atoms with Crippen LogP contribution in [0.4, 0.5) is 15.8 Å². The van der Waals surface area contributed by atoms with Gasteiger partial charge in [0.15, 0.2) is 0 Å². The largest absolute Gasteiger partial charge is 0.393 e. The molecule has 0 aliphatic heterocycles. The van der Waals surface area contributed by atoms with Crippen LogP contribution in [0.5, 0.6) is 0 Å². The first-order valence-electron chi connectivity index (χ1n) is 6.05. The first-order valence-corrected chi connectivity index (χ1v) is 6.05. The molecule has 2 rings (SSSR count). The Balaban J connectivity index is 2.16. The normalized spacial score (nSPS) is 10.1. The lowest BCUT2D eigenvalue weighted by atomic mass is 10.1. The second kappa shape index (κ2) is 6.00. The zero-order valence-electron chi connectivity index (χ0n) is 10.9. The molecule has 0 saturated heterocycles. The predicted octanol–water partition coefficient (Wildman–Crippen LogP) is 2.25. The number of carbonyl (C=O) groups excluding carboxylic acids is 1. The van der Waals surface area contributed by atoms with Crippen molar-refractivity contribution in [2.45, 2.75) is 6.54 Å². The first-order chi connectivity index (χ1) is 10.0. The third-order valence-corrected chi connectivity index (χ3v) is 2.92. The van der Waals surface area contributed by atoms with E-state index in [0.29, 0.717) is 5.56 Å². The van der Waals surface area contributed by atoms with E-state index in [2.05, 4.69) is 5.32 Å². The number of nitro groups is 1. The molecule has 6 nitrogen and oxygen atoms in total. The highest BCUT2D eigenvalue weighted by Crippen LogP contribution is 2.24. The van der Waals surface area contributed by atoms with Crippen LogP contribution in [0.3, 0.4) is 0 Å². The number of carbonyl (C=O) groups is 1. The fourth-order valence-electron chi connectivity index (χ4n) is 1.82. The smallest absolute Gasteiger partial charge is 0.292 e. The molecule has 0 unspecified atom stereocenters. The number of nitrogens with one attached hydrogen (secondary N) is 1. The molecule has 0 aromatic heterocycles. The topological polar surface area (TPSA) is 98.3 Å². The average Bonchev–Trinajstić information content (AvgIpc) is 2.46. The molecule has 7 heteroatoms. The fourth-order valence-corrected chi connectivity index (χ4v) is 1.82. The Labute approximate surface area is 119 Å². The lowest BCUT2D eigenvalue weighted by Gasteiger charge is -2.08. The number of para-hydroxylation sites is 1. The summed E-state index contributed by atoms with van der Waals surface area (Å²) in [6.45, 7) is -0.0341.